The molecule has 2 aliphatic rings. The Labute approximate surface area is 119 Å². The van der Waals surface area contributed by atoms with Crippen molar-refractivity contribution >= 4 is 0 Å². The summed E-state index contributed by atoms with van der Waals surface area (Å²) in [5.74, 6) is 0. The summed E-state index contributed by atoms with van der Waals surface area (Å²) in [6.07, 6.45) is 10.3. The van der Waals surface area contributed by atoms with Crippen molar-refractivity contribution in [2.24, 2.45) is 0 Å². The number of rotatable bonds is 7. The van der Waals surface area contributed by atoms with Crippen LogP contribution in [0.2, 0.25) is 0 Å². The third kappa shape index (κ3) is 4.73. The van der Waals surface area contributed by atoms with Crippen LogP contribution >= 0.6 is 0 Å². The van der Waals surface area contributed by atoms with Gasteiger partial charge in [0.2, 0.25) is 0 Å². The van der Waals surface area contributed by atoms with E-state index in [1.54, 1.807) is 0 Å². The van der Waals surface area contributed by atoms with E-state index in [1.165, 1.54) is 58.0 Å². The van der Waals surface area contributed by atoms with E-state index in [1.807, 2.05) is 0 Å². The largest absolute Gasteiger partial charge is 0.372 e. The first kappa shape index (κ1) is 15.3. The molecule has 3 heteroatoms. The van der Waals surface area contributed by atoms with Crippen LogP contribution in [0.5, 0.6) is 0 Å². The smallest absolute Gasteiger partial charge is 0.0707 e. The van der Waals surface area contributed by atoms with Gasteiger partial charge in [-0.1, -0.05) is 26.7 Å². The average molecular weight is 268 g/mol. The van der Waals surface area contributed by atoms with E-state index in [0.717, 1.165) is 19.1 Å². The molecule has 0 aromatic heterocycles. The van der Waals surface area contributed by atoms with Gasteiger partial charge in [-0.3, -0.25) is 4.90 Å². The zero-order chi connectivity index (χ0) is 13.5. The Hall–Kier alpha value is -0.120. The first-order valence-corrected chi connectivity index (χ1v) is 8.43. The van der Waals surface area contributed by atoms with Crippen molar-refractivity contribution in [2.45, 2.75) is 77.0 Å². The van der Waals surface area contributed by atoms with Crippen LogP contribution in [0.3, 0.4) is 0 Å². The maximum absolute atomic E-state index is 6.19. The minimum atomic E-state index is 0.458. The van der Waals surface area contributed by atoms with E-state index in [2.05, 4.69) is 24.1 Å². The summed E-state index contributed by atoms with van der Waals surface area (Å²) in [6, 6.07) is 0.829. The first-order chi connectivity index (χ1) is 9.33. The van der Waals surface area contributed by atoms with E-state index >= 15 is 0 Å². The molecular weight excluding hydrogens is 236 g/mol. The summed E-state index contributed by atoms with van der Waals surface area (Å²) < 4.78 is 6.19. The number of hydrogen-bond acceptors (Lipinski definition) is 3. The molecular formula is C16H32N2O. The highest BCUT2D eigenvalue weighted by Crippen LogP contribution is 2.25. The van der Waals surface area contributed by atoms with Gasteiger partial charge in [-0.15, -0.1) is 0 Å². The summed E-state index contributed by atoms with van der Waals surface area (Å²) >= 11 is 0. The lowest BCUT2D eigenvalue weighted by molar-refractivity contribution is 0.00635. The lowest BCUT2D eigenvalue weighted by Gasteiger charge is -2.37. The normalized spacial score (nSPS) is 32.8. The molecule has 2 heterocycles. The van der Waals surface area contributed by atoms with Gasteiger partial charge < -0.3 is 10.1 Å². The molecule has 2 rings (SSSR count). The van der Waals surface area contributed by atoms with E-state index in [9.17, 15) is 0 Å². The molecule has 0 amide bonds. The molecule has 0 aliphatic carbocycles. The van der Waals surface area contributed by atoms with Crippen molar-refractivity contribution in [3.63, 3.8) is 0 Å². The van der Waals surface area contributed by atoms with Gasteiger partial charge in [-0.2, -0.15) is 0 Å². The number of ether oxygens (including phenoxy) is 1. The highest BCUT2D eigenvalue weighted by atomic mass is 16.5. The molecule has 1 N–H and O–H groups in total. The zero-order valence-electron chi connectivity index (χ0n) is 12.9. The molecule has 0 bridgehead atoms. The van der Waals surface area contributed by atoms with Crippen molar-refractivity contribution in [1.82, 2.24) is 10.2 Å². The number of nitrogens with one attached hydrogen (secondary N) is 1. The molecule has 3 unspecified atom stereocenters. The van der Waals surface area contributed by atoms with Crippen LogP contribution in [-0.4, -0.2) is 49.3 Å². The molecule has 112 valence electrons. The third-order valence-electron chi connectivity index (χ3n) is 4.63. The lowest BCUT2D eigenvalue weighted by Crippen LogP contribution is -2.43. The van der Waals surface area contributed by atoms with Crippen molar-refractivity contribution < 1.29 is 4.74 Å². The minimum absolute atomic E-state index is 0.458. The Morgan fingerprint density at radius 3 is 2.74 bits per heavy atom. The number of piperidine rings is 1. The fraction of sp³-hybridized carbons (Fsp3) is 1.00. The van der Waals surface area contributed by atoms with E-state index in [0.29, 0.717) is 12.2 Å². The Morgan fingerprint density at radius 2 is 1.95 bits per heavy atom. The Morgan fingerprint density at radius 1 is 1.11 bits per heavy atom. The fourth-order valence-corrected chi connectivity index (χ4v) is 3.59. The predicted octanol–water partition coefficient (Wildman–Crippen LogP) is 2.80. The number of likely N-dealkylation sites (N-methyl/N-ethyl adjacent to an activating group) is 1. The zero-order valence-corrected chi connectivity index (χ0v) is 12.9. The van der Waals surface area contributed by atoms with Crippen LogP contribution in [0.25, 0.3) is 0 Å². The SMILES string of the molecule is CCCC1CCCCN1CC1CCC(CNCC)O1. The average Bonchev–Trinajstić information content (AvgIpc) is 2.87. The second kappa shape index (κ2) is 8.23. The molecule has 0 aromatic rings. The number of nitrogens with zero attached hydrogens (tertiary/aromatic N) is 1. The van der Waals surface area contributed by atoms with Crippen LogP contribution in [0.4, 0.5) is 0 Å². The molecule has 3 nitrogen and oxygen atoms in total. The fourth-order valence-electron chi connectivity index (χ4n) is 3.59. The Kier molecular flexibility index (Phi) is 6.62. The van der Waals surface area contributed by atoms with Crippen LogP contribution in [0.1, 0.15) is 58.8 Å². The Balaban J connectivity index is 1.73. The third-order valence-corrected chi connectivity index (χ3v) is 4.63. The first-order valence-electron chi connectivity index (χ1n) is 8.43. The van der Waals surface area contributed by atoms with E-state index in [4.69, 9.17) is 4.74 Å². The molecule has 3 atom stereocenters. The maximum atomic E-state index is 6.19. The highest BCUT2D eigenvalue weighted by Gasteiger charge is 2.29. The molecule has 0 radical (unpaired) electrons. The van der Waals surface area contributed by atoms with Crippen LogP contribution in [0.15, 0.2) is 0 Å². The van der Waals surface area contributed by atoms with Crippen LogP contribution < -0.4 is 5.32 Å². The standard InChI is InChI=1S/C16H32N2O/c1-3-7-14-8-5-6-11-18(14)13-16-10-9-15(19-16)12-17-4-2/h14-17H,3-13H2,1-2H3. The molecule has 0 aromatic carbocycles. The van der Waals surface area contributed by atoms with E-state index < -0.39 is 0 Å². The van der Waals surface area contributed by atoms with Crippen molar-refractivity contribution in [2.75, 3.05) is 26.2 Å². The minimum Gasteiger partial charge on any atom is -0.372 e. The van der Waals surface area contributed by atoms with Crippen molar-refractivity contribution in [3.8, 4) is 0 Å². The summed E-state index contributed by atoms with van der Waals surface area (Å²) in [7, 11) is 0. The lowest BCUT2D eigenvalue weighted by atomic mass is 9.97. The summed E-state index contributed by atoms with van der Waals surface area (Å²) in [4.78, 5) is 2.72. The van der Waals surface area contributed by atoms with Crippen LogP contribution in [0, 0.1) is 0 Å². The van der Waals surface area contributed by atoms with Gasteiger partial charge in [0.15, 0.2) is 0 Å². The van der Waals surface area contributed by atoms with Gasteiger partial charge in [-0.25, -0.2) is 0 Å². The highest BCUT2D eigenvalue weighted by molar-refractivity contribution is 4.83. The van der Waals surface area contributed by atoms with Gasteiger partial charge in [0.25, 0.3) is 0 Å². The number of hydrogen-bond donors (Lipinski definition) is 1. The summed E-state index contributed by atoms with van der Waals surface area (Å²) in [5.41, 5.74) is 0. The second-order valence-electron chi connectivity index (χ2n) is 6.20. The predicted molar refractivity (Wildman–Crippen MR) is 80.6 cm³/mol. The molecule has 0 spiro atoms. The summed E-state index contributed by atoms with van der Waals surface area (Å²) in [5, 5.41) is 3.40. The monoisotopic (exact) mass is 268 g/mol. The molecule has 19 heavy (non-hydrogen) atoms. The van der Waals surface area contributed by atoms with Crippen molar-refractivity contribution in [1.29, 1.82) is 0 Å². The molecule has 0 saturated carbocycles. The molecule has 2 fully saturated rings. The quantitative estimate of drug-likeness (QED) is 0.768. The van der Waals surface area contributed by atoms with Crippen LogP contribution in [-0.2, 0) is 4.74 Å². The number of likely N-dealkylation sites (tertiary alicyclic amines) is 1. The molecule has 2 aliphatic heterocycles. The van der Waals surface area contributed by atoms with Gasteiger partial charge in [0, 0.05) is 19.1 Å². The van der Waals surface area contributed by atoms with E-state index in [-0.39, 0.29) is 0 Å². The maximum Gasteiger partial charge on any atom is 0.0707 e. The second-order valence-corrected chi connectivity index (χ2v) is 6.20. The van der Waals surface area contributed by atoms with Gasteiger partial charge in [0.05, 0.1) is 12.2 Å². The van der Waals surface area contributed by atoms with Gasteiger partial charge >= 0.3 is 0 Å². The Bertz CT molecular complexity index is 245. The van der Waals surface area contributed by atoms with Gasteiger partial charge in [0.1, 0.15) is 0 Å². The van der Waals surface area contributed by atoms with Crippen molar-refractivity contribution in [3.05, 3.63) is 0 Å². The van der Waals surface area contributed by atoms with Gasteiger partial charge in [-0.05, 0) is 45.2 Å². The summed E-state index contributed by atoms with van der Waals surface area (Å²) in [6.45, 7) is 9.02. The topological polar surface area (TPSA) is 24.5 Å². The molecule has 2 saturated heterocycles.